The molecule has 2 saturated heterocycles. The van der Waals surface area contributed by atoms with Crippen LogP contribution in [0.15, 0.2) is 182 Å². The maximum Gasteiger partial charge on any atom is 0.303 e. The van der Waals surface area contributed by atoms with Crippen molar-refractivity contribution in [3.05, 3.63) is 215 Å². The summed E-state index contributed by atoms with van der Waals surface area (Å²) in [5, 5.41) is 11.9. The quantitative estimate of drug-likeness (QED) is 0.0619. The van der Waals surface area contributed by atoms with E-state index in [2.05, 4.69) is 0 Å². The van der Waals surface area contributed by atoms with Crippen LogP contribution in [0.25, 0.3) is 0 Å². The number of benzene rings is 6. The standard InChI is InChI=1S/C56H60O12/c1-40(57)65-52-49(61-34-43-24-12-4-13-25-43)47(38-59-32-41-20-8-2-9-21-41)67-56(54(52)64-37-46-30-18-7-19-31-46)68-50-48(39-60-33-42-22-10-3-11-23-42)66-55(58)53(63-36-45-28-16-6-17-29-45)51(50)62-35-44-26-14-5-15-27-44/h2-31,47-56,58H,32-39H2,1H3/t47-,48-,49+,50-,51+,52+,53-,54-,55-,56+/m1/s1. The molecular formula is C56H60O12. The third-order valence-electron chi connectivity index (χ3n) is 11.7. The number of esters is 1. The van der Waals surface area contributed by atoms with Crippen molar-refractivity contribution < 1.29 is 57.3 Å². The van der Waals surface area contributed by atoms with Crippen LogP contribution in [0.2, 0.25) is 0 Å². The smallest absolute Gasteiger partial charge is 0.303 e. The van der Waals surface area contributed by atoms with Crippen LogP contribution in [-0.4, -0.2) is 85.7 Å². The number of carbonyl (C=O) groups excluding carboxylic acids is 1. The van der Waals surface area contributed by atoms with Crippen molar-refractivity contribution in [2.45, 2.75) is 108 Å². The van der Waals surface area contributed by atoms with E-state index >= 15 is 0 Å². The Labute approximate surface area is 398 Å². The molecule has 0 spiro atoms. The van der Waals surface area contributed by atoms with Gasteiger partial charge in [-0.2, -0.15) is 0 Å². The van der Waals surface area contributed by atoms with Crippen molar-refractivity contribution in [1.82, 2.24) is 0 Å². The highest BCUT2D eigenvalue weighted by molar-refractivity contribution is 5.66. The second kappa shape index (κ2) is 25.7. The van der Waals surface area contributed by atoms with Crippen molar-refractivity contribution in [3.63, 3.8) is 0 Å². The largest absolute Gasteiger partial charge is 0.457 e. The number of aliphatic hydroxyl groups is 1. The van der Waals surface area contributed by atoms with Crippen LogP contribution >= 0.6 is 0 Å². The van der Waals surface area contributed by atoms with Crippen LogP contribution < -0.4 is 0 Å². The summed E-state index contributed by atoms with van der Waals surface area (Å²) in [7, 11) is 0. The summed E-state index contributed by atoms with van der Waals surface area (Å²) in [5.74, 6) is -0.545. The summed E-state index contributed by atoms with van der Waals surface area (Å²) < 4.78 is 66.5. The highest BCUT2D eigenvalue weighted by Gasteiger charge is 2.55. The van der Waals surface area contributed by atoms with Crippen LogP contribution in [-0.2, 0) is 91.8 Å². The maximum absolute atomic E-state index is 13.2. The first-order valence-electron chi connectivity index (χ1n) is 23.1. The molecule has 0 radical (unpaired) electrons. The van der Waals surface area contributed by atoms with Crippen molar-refractivity contribution in [3.8, 4) is 0 Å². The van der Waals surface area contributed by atoms with Crippen molar-refractivity contribution in [2.24, 2.45) is 0 Å². The molecule has 8 rings (SSSR count). The second-order valence-electron chi connectivity index (χ2n) is 16.8. The normalized spacial score (nSPS) is 24.9. The SMILES string of the molecule is CC(=O)O[C@H]1[C@@H](OCc2ccccc2)[C@@H](COCc2ccccc2)O[C@@H](O[C@H]2[C@H](OCc3ccccc3)[C@@H](OCc3ccccc3)[C@H](O)O[C@@H]2COCc2ccccc2)[C@@H]1OCc1ccccc1. The number of hydrogen-bond donors (Lipinski definition) is 1. The molecule has 0 amide bonds. The molecule has 12 nitrogen and oxygen atoms in total. The molecule has 0 unspecified atom stereocenters. The molecule has 2 aliphatic heterocycles. The molecule has 356 valence electrons. The zero-order valence-corrected chi connectivity index (χ0v) is 38.2. The van der Waals surface area contributed by atoms with E-state index in [1.54, 1.807) is 0 Å². The van der Waals surface area contributed by atoms with Crippen LogP contribution in [0.3, 0.4) is 0 Å². The van der Waals surface area contributed by atoms with Gasteiger partial charge in [-0.25, -0.2) is 0 Å². The lowest BCUT2D eigenvalue weighted by Gasteiger charge is -2.49. The number of rotatable bonds is 23. The molecule has 0 aliphatic carbocycles. The second-order valence-corrected chi connectivity index (χ2v) is 16.8. The van der Waals surface area contributed by atoms with E-state index in [4.69, 9.17) is 47.4 Å². The van der Waals surface area contributed by atoms with Gasteiger partial charge in [0.2, 0.25) is 0 Å². The molecule has 6 aromatic carbocycles. The molecule has 2 heterocycles. The van der Waals surface area contributed by atoms with E-state index < -0.39 is 67.4 Å². The van der Waals surface area contributed by atoms with E-state index in [0.717, 1.165) is 33.4 Å². The van der Waals surface area contributed by atoms with E-state index in [1.807, 2.05) is 182 Å². The summed E-state index contributed by atoms with van der Waals surface area (Å²) in [6, 6.07) is 58.4. The van der Waals surface area contributed by atoms with Crippen LogP contribution in [0, 0.1) is 0 Å². The first kappa shape index (κ1) is 48.8. The van der Waals surface area contributed by atoms with E-state index in [9.17, 15) is 9.90 Å². The molecule has 6 aromatic rings. The molecule has 68 heavy (non-hydrogen) atoms. The molecule has 12 heteroatoms. The molecule has 2 fully saturated rings. The fourth-order valence-electron chi connectivity index (χ4n) is 8.34. The Morgan fingerprint density at radius 1 is 0.412 bits per heavy atom. The average Bonchev–Trinajstić information content (AvgIpc) is 3.37. The number of ether oxygens (including phenoxy) is 10. The van der Waals surface area contributed by atoms with Gasteiger partial charge < -0.3 is 52.5 Å². The minimum Gasteiger partial charge on any atom is -0.457 e. The number of aliphatic hydroxyl groups excluding tert-OH is 1. The van der Waals surface area contributed by atoms with E-state index in [1.165, 1.54) is 6.92 Å². The molecule has 0 saturated carbocycles. The first-order valence-corrected chi connectivity index (χ1v) is 23.1. The topological polar surface area (TPSA) is 130 Å². The summed E-state index contributed by atoms with van der Waals surface area (Å²) in [5.41, 5.74) is 5.49. The Bertz CT molecular complexity index is 2330. The Hall–Kier alpha value is -5.61. The Morgan fingerprint density at radius 2 is 0.750 bits per heavy atom. The van der Waals surface area contributed by atoms with Gasteiger partial charge in [0.15, 0.2) is 18.7 Å². The van der Waals surface area contributed by atoms with E-state index in [0.29, 0.717) is 0 Å². The van der Waals surface area contributed by atoms with Gasteiger partial charge in [-0.3, -0.25) is 4.79 Å². The summed E-state index contributed by atoms with van der Waals surface area (Å²) in [6.45, 7) is 2.55. The van der Waals surface area contributed by atoms with Gasteiger partial charge in [0.25, 0.3) is 0 Å². The van der Waals surface area contributed by atoms with Crippen molar-refractivity contribution in [1.29, 1.82) is 0 Å². The molecule has 1 N–H and O–H groups in total. The molecule has 0 bridgehead atoms. The monoisotopic (exact) mass is 924 g/mol. The Morgan fingerprint density at radius 3 is 1.15 bits per heavy atom. The molecular weight excluding hydrogens is 865 g/mol. The Kier molecular flexibility index (Phi) is 18.4. The minimum atomic E-state index is -1.44. The fraction of sp³-hybridized carbons (Fsp3) is 0.339. The number of hydrogen-bond acceptors (Lipinski definition) is 12. The summed E-state index contributed by atoms with van der Waals surface area (Å²) in [4.78, 5) is 13.2. The number of carbonyl (C=O) groups is 1. The van der Waals surface area contributed by atoms with Gasteiger partial charge in [-0.15, -0.1) is 0 Å². The van der Waals surface area contributed by atoms with Crippen LogP contribution in [0.4, 0.5) is 0 Å². The van der Waals surface area contributed by atoms with Gasteiger partial charge >= 0.3 is 5.97 Å². The highest BCUT2D eigenvalue weighted by Crippen LogP contribution is 2.36. The predicted molar refractivity (Wildman–Crippen MR) is 252 cm³/mol. The third kappa shape index (κ3) is 14.2. The van der Waals surface area contributed by atoms with Gasteiger partial charge in [-0.1, -0.05) is 182 Å². The van der Waals surface area contributed by atoms with Gasteiger partial charge in [0.05, 0.1) is 52.9 Å². The van der Waals surface area contributed by atoms with Crippen LogP contribution in [0.5, 0.6) is 0 Å². The zero-order chi connectivity index (χ0) is 46.8. The lowest BCUT2D eigenvalue weighted by atomic mass is 9.95. The first-order chi connectivity index (χ1) is 33.5. The third-order valence-corrected chi connectivity index (χ3v) is 11.7. The van der Waals surface area contributed by atoms with Crippen molar-refractivity contribution >= 4 is 5.97 Å². The summed E-state index contributed by atoms with van der Waals surface area (Å²) in [6.07, 6.45) is -10.5. The predicted octanol–water partition coefficient (Wildman–Crippen LogP) is 8.52. The van der Waals surface area contributed by atoms with Gasteiger partial charge in [0.1, 0.15) is 42.7 Å². The lowest BCUT2D eigenvalue weighted by Crippen LogP contribution is -2.66. The lowest BCUT2D eigenvalue weighted by molar-refractivity contribution is -0.371. The Balaban J connectivity index is 1.16. The summed E-state index contributed by atoms with van der Waals surface area (Å²) >= 11 is 0. The zero-order valence-electron chi connectivity index (χ0n) is 38.2. The fourth-order valence-corrected chi connectivity index (χ4v) is 8.34. The molecule has 0 aromatic heterocycles. The average molecular weight is 925 g/mol. The van der Waals surface area contributed by atoms with Gasteiger partial charge in [0, 0.05) is 6.92 Å². The molecule has 10 atom stereocenters. The maximum atomic E-state index is 13.2. The molecule has 2 aliphatic rings. The van der Waals surface area contributed by atoms with Gasteiger partial charge in [-0.05, 0) is 33.4 Å². The van der Waals surface area contributed by atoms with E-state index in [-0.39, 0.29) is 52.9 Å². The minimum absolute atomic E-state index is 0.00468. The van der Waals surface area contributed by atoms with Crippen molar-refractivity contribution in [2.75, 3.05) is 13.2 Å². The highest BCUT2D eigenvalue weighted by atomic mass is 16.8. The van der Waals surface area contributed by atoms with Crippen LogP contribution in [0.1, 0.15) is 40.3 Å².